The topological polar surface area (TPSA) is 98.4 Å². The van der Waals surface area contributed by atoms with E-state index in [9.17, 15) is 26.0 Å². The fraction of sp³-hybridized carbons (Fsp3) is 0.238. The van der Waals surface area contributed by atoms with Crippen molar-refractivity contribution in [2.24, 2.45) is 5.14 Å². The maximum absolute atomic E-state index is 13.7. The minimum atomic E-state index is -4.83. The van der Waals surface area contributed by atoms with Crippen LogP contribution in [0.2, 0.25) is 0 Å². The third-order valence-electron chi connectivity index (χ3n) is 5.04. The van der Waals surface area contributed by atoms with Gasteiger partial charge in [0.05, 0.1) is 29.4 Å². The van der Waals surface area contributed by atoms with Gasteiger partial charge in [-0.2, -0.15) is 13.2 Å². The van der Waals surface area contributed by atoms with E-state index in [2.05, 4.69) is 9.97 Å². The van der Waals surface area contributed by atoms with Gasteiger partial charge in [-0.15, -0.1) is 0 Å². The molecule has 0 bridgehead atoms. The van der Waals surface area contributed by atoms with Crippen molar-refractivity contribution in [3.05, 3.63) is 60.2 Å². The molecule has 1 saturated heterocycles. The molecule has 33 heavy (non-hydrogen) atoms. The average Bonchev–Trinajstić information content (AvgIpc) is 2.78. The Bertz CT molecular complexity index is 1260. The van der Waals surface area contributed by atoms with Gasteiger partial charge in [-0.25, -0.2) is 27.9 Å². The van der Waals surface area contributed by atoms with Crippen LogP contribution in [0.1, 0.15) is 5.82 Å². The summed E-state index contributed by atoms with van der Waals surface area (Å²) >= 11 is 0. The summed E-state index contributed by atoms with van der Waals surface area (Å²) in [6.45, 7) is 1.17. The highest BCUT2D eigenvalue weighted by Crippen LogP contribution is 2.40. The van der Waals surface area contributed by atoms with Crippen molar-refractivity contribution in [2.75, 3.05) is 31.2 Å². The number of benzene rings is 2. The molecule has 1 aliphatic rings. The number of rotatable bonds is 4. The van der Waals surface area contributed by atoms with Crippen LogP contribution in [0.5, 0.6) is 0 Å². The van der Waals surface area contributed by atoms with Crippen LogP contribution in [-0.4, -0.2) is 44.7 Å². The number of hydrogen-bond donors (Lipinski definition) is 1. The summed E-state index contributed by atoms with van der Waals surface area (Å²) in [4.78, 5) is 9.12. The quantitative estimate of drug-likeness (QED) is 0.572. The molecule has 0 radical (unpaired) electrons. The number of primary sulfonamides is 1. The van der Waals surface area contributed by atoms with E-state index in [0.29, 0.717) is 31.9 Å². The molecular weight excluding hydrogens is 464 g/mol. The Morgan fingerprint density at radius 2 is 1.48 bits per heavy atom. The monoisotopic (exact) mass is 482 g/mol. The fourth-order valence-electron chi connectivity index (χ4n) is 3.47. The van der Waals surface area contributed by atoms with Crippen LogP contribution in [0.4, 0.5) is 23.4 Å². The van der Waals surface area contributed by atoms with Gasteiger partial charge in [0.1, 0.15) is 11.6 Å². The van der Waals surface area contributed by atoms with Crippen LogP contribution in [0.15, 0.2) is 53.4 Å². The SMILES string of the molecule is NS(=O)(=O)c1ccc(-c2c(-c3ccc(F)cc3)nc(C(F)(F)F)nc2N2CCOCC2)cc1. The molecule has 7 nitrogen and oxygen atoms in total. The van der Waals surface area contributed by atoms with Crippen molar-refractivity contribution < 1.29 is 30.7 Å². The van der Waals surface area contributed by atoms with Gasteiger partial charge in [0.2, 0.25) is 15.8 Å². The first-order valence-electron chi connectivity index (χ1n) is 9.75. The van der Waals surface area contributed by atoms with E-state index in [1.807, 2.05) is 0 Å². The Morgan fingerprint density at radius 1 is 0.909 bits per heavy atom. The summed E-state index contributed by atoms with van der Waals surface area (Å²) < 4.78 is 83.2. The number of morpholine rings is 1. The predicted octanol–water partition coefficient (Wildman–Crippen LogP) is 3.45. The van der Waals surface area contributed by atoms with Gasteiger partial charge in [-0.1, -0.05) is 12.1 Å². The third kappa shape index (κ3) is 4.97. The molecule has 174 valence electrons. The van der Waals surface area contributed by atoms with Crippen molar-refractivity contribution in [1.29, 1.82) is 0 Å². The van der Waals surface area contributed by atoms with Crippen molar-refractivity contribution in [3.63, 3.8) is 0 Å². The van der Waals surface area contributed by atoms with Crippen LogP contribution in [0, 0.1) is 5.82 Å². The number of ether oxygens (including phenoxy) is 1. The number of aromatic nitrogens is 2. The van der Waals surface area contributed by atoms with Gasteiger partial charge < -0.3 is 9.64 Å². The van der Waals surface area contributed by atoms with Gasteiger partial charge in [0, 0.05) is 18.7 Å². The number of hydrogen-bond acceptors (Lipinski definition) is 6. The van der Waals surface area contributed by atoms with Gasteiger partial charge in [0.25, 0.3) is 0 Å². The van der Waals surface area contributed by atoms with E-state index in [1.165, 1.54) is 36.4 Å². The number of anilines is 1. The zero-order valence-corrected chi connectivity index (χ0v) is 17.8. The molecule has 12 heteroatoms. The second-order valence-corrected chi connectivity index (χ2v) is 8.83. The van der Waals surface area contributed by atoms with E-state index in [-0.39, 0.29) is 27.5 Å². The van der Waals surface area contributed by atoms with E-state index in [4.69, 9.17) is 9.88 Å². The van der Waals surface area contributed by atoms with Crippen molar-refractivity contribution >= 4 is 15.8 Å². The molecule has 3 aromatic rings. The van der Waals surface area contributed by atoms with Crippen LogP contribution in [-0.2, 0) is 20.9 Å². The van der Waals surface area contributed by atoms with Crippen molar-refractivity contribution in [2.45, 2.75) is 11.1 Å². The highest BCUT2D eigenvalue weighted by Gasteiger charge is 2.37. The third-order valence-corrected chi connectivity index (χ3v) is 5.97. The lowest BCUT2D eigenvalue weighted by atomic mass is 9.98. The molecule has 2 aromatic carbocycles. The van der Waals surface area contributed by atoms with Gasteiger partial charge in [-0.05, 0) is 42.0 Å². The maximum atomic E-state index is 13.7. The molecule has 2 heterocycles. The Balaban J connectivity index is 2.01. The maximum Gasteiger partial charge on any atom is 0.451 e. The summed E-state index contributed by atoms with van der Waals surface area (Å²) in [6, 6.07) is 10.2. The Morgan fingerprint density at radius 3 is 2.03 bits per heavy atom. The Hall–Kier alpha value is -3.09. The molecule has 0 aliphatic carbocycles. The number of halogens is 4. The van der Waals surface area contributed by atoms with Gasteiger partial charge >= 0.3 is 6.18 Å². The second-order valence-electron chi connectivity index (χ2n) is 7.27. The molecule has 1 fully saturated rings. The average molecular weight is 482 g/mol. The lowest BCUT2D eigenvalue weighted by Gasteiger charge is -2.30. The number of sulfonamides is 1. The zero-order valence-electron chi connectivity index (χ0n) is 17.0. The van der Waals surface area contributed by atoms with E-state index < -0.39 is 27.8 Å². The molecule has 0 spiro atoms. The Labute approximate surface area is 186 Å². The molecule has 1 aliphatic heterocycles. The molecular formula is C21H18F4N4O3S. The molecule has 2 N–H and O–H groups in total. The molecule has 0 atom stereocenters. The molecule has 1 aromatic heterocycles. The first kappa shape index (κ1) is 23.1. The van der Waals surface area contributed by atoms with Crippen molar-refractivity contribution in [1.82, 2.24) is 9.97 Å². The van der Waals surface area contributed by atoms with Gasteiger partial charge in [0.15, 0.2) is 0 Å². The largest absolute Gasteiger partial charge is 0.451 e. The van der Waals surface area contributed by atoms with Crippen molar-refractivity contribution in [3.8, 4) is 22.4 Å². The van der Waals surface area contributed by atoms with Crippen LogP contribution < -0.4 is 10.0 Å². The summed E-state index contributed by atoms with van der Waals surface area (Å²) in [7, 11) is -3.97. The molecule has 4 rings (SSSR count). The van der Waals surface area contributed by atoms with E-state index in [0.717, 1.165) is 12.1 Å². The summed E-state index contributed by atoms with van der Waals surface area (Å²) in [5.41, 5.74) is 0.793. The fourth-order valence-corrected chi connectivity index (χ4v) is 3.99. The first-order valence-corrected chi connectivity index (χ1v) is 11.3. The lowest BCUT2D eigenvalue weighted by molar-refractivity contribution is -0.144. The highest BCUT2D eigenvalue weighted by atomic mass is 32.2. The lowest BCUT2D eigenvalue weighted by Crippen LogP contribution is -2.37. The minimum absolute atomic E-state index is 0.0169. The van der Waals surface area contributed by atoms with E-state index >= 15 is 0 Å². The first-order chi connectivity index (χ1) is 15.5. The van der Waals surface area contributed by atoms with Crippen LogP contribution in [0.25, 0.3) is 22.4 Å². The molecule has 0 amide bonds. The van der Waals surface area contributed by atoms with Crippen LogP contribution in [0.3, 0.4) is 0 Å². The minimum Gasteiger partial charge on any atom is -0.378 e. The van der Waals surface area contributed by atoms with Gasteiger partial charge in [-0.3, -0.25) is 0 Å². The summed E-state index contributed by atoms with van der Waals surface area (Å²) in [6.07, 6.45) is -4.83. The van der Waals surface area contributed by atoms with Crippen LogP contribution >= 0.6 is 0 Å². The smallest absolute Gasteiger partial charge is 0.378 e. The summed E-state index contributed by atoms with van der Waals surface area (Å²) in [5.74, 6) is -1.88. The normalized spacial score (nSPS) is 15.0. The molecule has 0 saturated carbocycles. The molecule has 0 unspecified atom stereocenters. The standard InChI is InChI=1S/C21H18F4N4O3S/c22-15-5-1-14(2-6-15)18-17(13-3-7-16(8-4-13)33(26,30)31)19(29-9-11-32-12-10-29)28-20(27-18)21(23,24)25/h1-8H,9-12H2,(H2,26,30,31). The number of alkyl halides is 3. The second kappa shape index (κ2) is 8.69. The Kier molecular flexibility index (Phi) is 6.08. The zero-order chi connectivity index (χ0) is 23.8. The highest BCUT2D eigenvalue weighted by molar-refractivity contribution is 7.89. The number of nitrogens with two attached hydrogens (primary N) is 1. The predicted molar refractivity (Wildman–Crippen MR) is 112 cm³/mol. The number of nitrogens with zero attached hydrogens (tertiary/aromatic N) is 3. The summed E-state index contributed by atoms with van der Waals surface area (Å²) in [5, 5.41) is 5.16. The van der Waals surface area contributed by atoms with E-state index in [1.54, 1.807) is 4.90 Å².